The fourth-order valence-corrected chi connectivity index (χ4v) is 3.34. The number of likely N-dealkylation sites (tertiary alicyclic amines) is 1. The van der Waals surface area contributed by atoms with Gasteiger partial charge in [-0.15, -0.1) is 0 Å². The van der Waals surface area contributed by atoms with Gasteiger partial charge in [-0.05, 0) is 56.6 Å². The van der Waals surface area contributed by atoms with E-state index in [1.165, 1.54) is 43.6 Å². The summed E-state index contributed by atoms with van der Waals surface area (Å²) in [6.07, 6.45) is 3.60. The molecular formula is C17H26N2O. The summed E-state index contributed by atoms with van der Waals surface area (Å²) in [5.41, 5.74) is 2.77. The van der Waals surface area contributed by atoms with Crippen molar-refractivity contribution in [2.75, 3.05) is 26.2 Å². The molecule has 1 atom stereocenters. The van der Waals surface area contributed by atoms with Crippen LogP contribution in [-0.2, 0) is 6.42 Å². The molecule has 2 heterocycles. The molecule has 3 nitrogen and oxygen atoms in total. The predicted molar refractivity (Wildman–Crippen MR) is 82.3 cm³/mol. The quantitative estimate of drug-likeness (QED) is 0.913. The van der Waals surface area contributed by atoms with Crippen LogP contribution in [0.3, 0.4) is 0 Å². The third-order valence-electron chi connectivity index (χ3n) is 4.73. The van der Waals surface area contributed by atoms with E-state index in [4.69, 9.17) is 4.74 Å². The summed E-state index contributed by atoms with van der Waals surface area (Å²) in [4.78, 5) is 2.54. The second-order valence-corrected chi connectivity index (χ2v) is 6.06. The topological polar surface area (TPSA) is 24.5 Å². The first-order valence-electron chi connectivity index (χ1n) is 8.00. The fraction of sp³-hybridized carbons (Fsp3) is 0.647. The van der Waals surface area contributed by atoms with Crippen LogP contribution in [0.15, 0.2) is 18.2 Å². The van der Waals surface area contributed by atoms with Crippen molar-refractivity contribution >= 4 is 0 Å². The van der Waals surface area contributed by atoms with Crippen LogP contribution in [0.2, 0.25) is 0 Å². The molecule has 0 saturated carbocycles. The third kappa shape index (κ3) is 2.99. The highest BCUT2D eigenvalue weighted by molar-refractivity contribution is 5.40. The molecule has 2 aliphatic heterocycles. The highest BCUT2D eigenvalue weighted by Crippen LogP contribution is 2.28. The number of fused-ring (bicyclic) bond motifs is 1. The van der Waals surface area contributed by atoms with Gasteiger partial charge in [0, 0.05) is 18.5 Å². The first-order valence-corrected chi connectivity index (χ1v) is 8.00. The van der Waals surface area contributed by atoms with E-state index in [0.29, 0.717) is 12.1 Å². The summed E-state index contributed by atoms with van der Waals surface area (Å²) >= 11 is 0. The third-order valence-corrected chi connectivity index (χ3v) is 4.73. The first-order chi connectivity index (χ1) is 9.76. The molecule has 1 saturated heterocycles. The SMILES string of the molecule is CCN1CCC(NC(C)c2ccc3c(c2)CCO3)CC1. The van der Waals surface area contributed by atoms with Crippen molar-refractivity contribution < 1.29 is 4.74 Å². The minimum absolute atomic E-state index is 0.430. The van der Waals surface area contributed by atoms with Crippen LogP contribution in [0.1, 0.15) is 43.9 Å². The number of piperidine rings is 1. The number of benzene rings is 1. The number of nitrogens with zero attached hydrogens (tertiary/aromatic N) is 1. The molecule has 110 valence electrons. The van der Waals surface area contributed by atoms with Crippen molar-refractivity contribution in [2.45, 2.75) is 45.2 Å². The summed E-state index contributed by atoms with van der Waals surface area (Å²) in [7, 11) is 0. The molecule has 3 heteroatoms. The summed E-state index contributed by atoms with van der Waals surface area (Å²) < 4.78 is 5.58. The van der Waals surface area contributed by atoms with Gasteiger partial charge in [-0.25, -0.2) is 0 Å². The van der Waals surface area contributed by atoms with Crippen molar-refractivity contribution in [1.82, 2.24) is 10.2 Å². The molecule has 0 spiro atoms. The maximum Gasteiger partial charge on any atom is 0.122 e. The van der Waals surface area contributed by atoms with Crippen LogP contribution < -0.4 is 10.1 Å². The van der Waals surface area contributed by atoms with Gasteiger partial charge in [-0.2, -0.15) is 0 Å². The number of hydrogen-bond donors (Lipinski definition) is 1. The molecule has 1 unspecified atom stereocenters. The lowest BCUT2D eigenvalue weighted by Gasteiger charge is -2.33. The monoisotopic (exact) mass is 274 g/mol. The Morgan fingerprint density at radius 2 is 2.15 bits per heavy atom. The molecule has 0 radical (unpaired) electrons. The molecule has 0 aromatic heterocycles. The van der Waals surface area contributed by atoms with Crippen LogP contribution in [0.25, 0.3) is 0 Å². The van der Waals surface area contributed by atoms with E-state index in [0.717, 1.165) is 18.8 Å². The maximum atomic E-state index is 5.58. The second kappa shape index (κ2) is 6.15. The summed E-state index contributed by atoms with van der Waals surface area (Å²) in [6, 6.07) is 7.76. The van der Waals surface area contributed by atoms with Gasteiger partial charge in [0.2, 0.25) is 0 Å². The van der Waals surface area contributed by atoms with E-state index >= 15 is 0 Å². The Balaban J connectivity index is 1.58. The van der Waals surface area contributed by atoms with E-state index in [1.54, 1.807) is 0 Å². The number of hydrogen-bond acceptors (Lipinski definition) is 3. The standard InChI is InChI=1S/C17H26N2O/c1-3-19-9-6-16(7-10-19)18-13(2)14-4-5-17-15(12-14)8-11-20-17/h4-5,12-13,16,18H,3,6-11H2,1-2H3. The van der Waals surface area contributed by atoms with Gasteiger partial charge in [0.1, 0.15) is 5.75 Å². The molecule has 1 fully saturated rings. The molecule has 0 aliphatic carbocycles. The van der Waals surface area contributed by atoms with E-state index in [9.17, 15) is 0 Å². The van der Waals surface area contributed by atoms with Crippen molar-refractivity contribution in [2.24, 2.45) is 0 Å². The van der Waals surface area contributed by atoms with Gasteiger partial charge in [-0.3, -0.25) is 0 Å². The molecule has 0 bridgehead atoms. The molecule has 20 heavy (non-hydrogen) atoms. The molecule has 1 N–H and O–H groups in total. The van der Waals surface area contributed by atoms with Gasteiger partial charge >= 0.3 is 0 Å². The van der Waals surface area contributed by atoms with E-state index in [2.05, 4.69) is 42.3 Å². The number of ether oxygens (including phenoxy) is 1. The van der Waals surface area contributed by atoms with Gasteiger partial charge in [0.15, 0.2) is 0 Å². The largest absolute Gasteiger partial charge is 0.493 e. The summed E-state index contributed by atoms with van der Waals surface area (Å²) in [5, 5.41) is 3.80. The number of rotatable bonds is 4. The second-order valence-electron chi connectivity index (χ2n) is 6.06. The normalized spacial score (nSPS) is 21.5. The van der Waals surface area contributed by atoms with Crippen LogP contribution in [0.4, 0.5) is 0 Å². The lowest BCUT2D eigenvalue weighted by molar-refractivity contribution is 0.200. The predicted octanol–water partition coefficient (Wildman–Crippen LogP) is 2.76. The molecular weight excluding hydrogens is 248 g/mol. The van der Waals surface area contributed by atoms with Crippen molar-refractivity contribution in [1.29, 1.82) is 0 Å². The molecule has 3 rings (SSSR count). The van der Waals surface area contributed by atoms with Gasteiger partial charge in [-0.1, -0.05) is 19.1 Å². The van der Waals surface area contributed by atoms with Gasteiger partial charge < -0.3 is 15.0 Å². The minimum atomic E-state index is 0.430. The van der Waals surface area contributed by atoms with Crippen molar-refractivity contribution in [3.63, 3.8) is 0 Å². The van der Waals surface area contributed by atoms with E-state index < -0.39 is 0 Å². The Labute approximate surface area is 122 Å². The smallest absolute Gasteiger partial charge is 0.122 e. The lowest BCUT2D eigenvalue weighted by Crippen LogP contribution is -2.43. The Morgan fingerprint density at radius 3 is 2.90 bits per heavy atom. The first kappa shape index (κ1) is 13.9. The molecule has 1 aromatic rings. The summed E-state index contributed by atoms with van der Waals surface area (Å²) in [5.74, 6) is 1.08. The van der Waals surface area contributed by atoms with Gasteiger partial charge in [0.05, 0.1) is 6.61 Å². The van der Waals surface area contributed by atoms with Crippen molar-refractivity contribution in [3.8, 4) is 5.75 Å². The molecule has 0 amide bonds. The average molecular weight is 274 g/mol. The zero-order valence-corrected chi connectivity index (χ0v) is 12.7. The Morgan fingerprint density at radius 1 is 1.35 bits per heavy atom. The van der Waals surface area contributed by atoms with E-state index in [-0.39, 0.29) is 0 Å². The van der Waals surface area contributed by atoms with Crippen molar-refractivity contribution in [3.05, 3.63) is 29.3 Å². The Kier molecular flexibility index (Phi) is 4.27. The minimum Gasteiger partial charge on any atom is -0.493 e. The highest BCUT2D eigenvalue weighted by atomic mass is 16.5. The van der Waals surface area contributed by atoms with Crippen LogP contribution >= 0.6 is 0 Å². The highest BCUT2D eigenvalue weighted by Gasteiger charge is 2.21. The fourth-order valence-electron chi connectivity index (χ4n) is 3.34. The van der Waals surface area contributed by atoms with Crippen LogP contribution in [-0.4, -0.2) is 37.2 Å². The Hall–Kier alpha value is -1.06. The maximum absolute atomic E-state index is 5.58. The zero-order valence-electron chi connectivity index (χ0n) is 12.7. The van der Waals surface area contributed by atoms with Crippen LogP contribution in [0, 0.1) is 0 Å². The lowest BCUT2D eigenvalue weighted by atomic mass is 10.00. The molecule has 2 aliphatic rings. The van der Waals surface area contributed by atoms with Crippen LogP contribution in [0.5, 0.6) is 5.75 Å². The summed E-state index contributed by atoms with van der Waals surface area (Å²) in [6.45, 7) is 9.04. The van der Waals surface area contributed by atoms with Gasteiger partial charge in [0.25, 0.3) is 0 Å². The molecule has 1 aromatic carbocycles. The Bertz CT molecular complexity index is 452. The van der Waals surface area contributed by atoms with E-state index in [1.807, 2.05) is 0 Å². The zero-order chi connectivity index (χ0) is 13.9. The number of nitrogens with one attached hydrogen (secondary N) is 1. The average Bonchev–Trinajstić information content (AvgIpc) is 2.95.